The summed E-state index contributed by atoms with van der Waals surface area (Å²) in [5, 5.41) is 3.69. The second-order valence-electron chi connectivity index (χ2n) is 8.41. The molecule has 1 atom stereocenters. The molecular formula is C18H35N3O3. The van der Waals surface area contributed by atoms with Gasteiger partial charge in [-0.15, -0.1) is 0 Å². The Bertz CT molecular complexity index is 412. The van der Waals surface area contributed by atoms with Crippen molar-refractivity contribution in [1.29, 1.82) is 0 Å². The summed E-state index contributed by atoms with van der Waals surface area (Å²) in [5.74, 6) is 0. The number of ether oxygens (including phenoxy) is 2. The molecule has 0 aromatic carbocycles. The van der Waals surface area contributed by atoms with Crippen LogP contribution in [0.15, 0.2) is 0 Å². The first kappa shape index (κ1) is 19.5. The zero-order valence-electron chi connectivity index (χ0n) is 16.1. The van der Waals surface area contributed by atoms with Crippen molar-refractivity contribution in [3.05, 3.63) is 0 Å². The third kappa shape index (κ3) is 5.90. The second-order valence-corrected chi connectivity index (χ2v) is 8.41. The fourth-order valence-corrected chi connectivity index (χ4v) is 3.36. The van der Waals surface area contributed by atoms with Gasteiger partial charge in [-0.05, 0) is 54.3 Å². The SMILES string of the molecule is CN(C)CCCCC1COC2(CCN(C(=O)OC(C)(C)C)CC2)N1. The molecule has 0 aromatic heterocycles. The van der Waals surface area contributed by atoms with Crippen molar-refractivity contribution in [2.24, 2.45) is 0 Å². The van der Waals surface area contributed by atoms with Gasteiger partial charge in [-0.25, -0.2) is 4.79 Å². The number of nitrogens with one attached hydrogen (secondary N) is 1. The standard InChI is InChI=1S/C18H35N3O3/c1-17(2,3)24-16(22)21-12-9-18(10-13-21)19-15(14-23-18)8-6-7-11-20(4)5/h15,19H,6-14H2,1-5H3. The Balaban J connectivity index is 1.71. The minimum atomic E-state index is -0.439. The summed E-state index contributed by atoms with van der Waals surface area (Å²) in [6.45, 7) is 9.01. The molecule has 2 fully saturated rings. The van der Waals surface area contributed by atoms with Gasteiger partial charge in [0.1, 0.15) is 11.3 Å². The fraction of sp³-hybridized carbons (Fsp3) is 0.944. The fourth-order valence-electron chi connectivity index (χ4n) is 3.36. The Morgan fingerprint density at radius 3 is 2.54 bits per heavy atom. The van der Waals surface area contributed by atoms with E-state index in [1.54, 1.807) is 4.90 Å². The zero-order chi connectivity index (χ0) is 17.8. The normalized spacial score (nSPS) is 23.9. The molecule has 1 spiro atoms. The lowest BCUT2D eigenvalue weighted by atomic mass is 10.00. The Kier molecular flexibility index (Phi) is 6.51. The summed E-state index contributed by atoms with van der Waals surface area (Å²) in [6.07, 6.45) is 5.06. The molecule has 6 heteroatoms. The molecule has 0 saturated carbocycles. The van der Waals surface area contributed by atoms with Crippen molar-refractivity contribution in [2.45, 2.75) is 70.2 Å². The average Bonchev–Trinajstić information content (AvgIpc) is 2.85. The van der Waals surface area contributed by atoms with Crippen LogP contribution in [0.2, 0.25) is 0 Å². The lowest BCUT2D eigenvalue weighted by molar-refractivity contribution is -0.0595. The molecule has 2 saturated heterocycles. The van der Waals surface area contributed by atoms with Gasteiger partial charge in [0.05, 0.1) is 6.61 Å². The van der Waals surface area contributed by atoms with E-state index in [0.717, 1.165) is 32.4 Å². The highest BCUT2D eigenvalue weighted by Gasteiger charge is 2.43. The van der Waals surface area contributed by atoms with E-state index >= 15 is 0 Å². The molecule has 1 N–H and O–H groups in total. The van der Waals surface area contributed by atoms with E-state index in [4.69, 9.17) is 9.47 Å². The first-order valence-corrected chi connectivity index (χ1v) is 9.23. The van der Waals surface area contributed by atoms with Crippen LogP contribution in [0.4, 0.5) is 4.79 Å². The maximum atomic E-state index is 12.1. The van der Waals surface area contributed by atoms with Crippen LogP contribution in [-0.2, 0) is 9.47 Å². The summed E-state index contributed by atoms with van der Waals surface area (Å²) in [5.41, 5.74) is -0.670. The topological polar surface area (TPSA) is 54.0 Å². The molecule has 0 aromatic rings. The highest BCUT2D eigenvalue weighted by molar-refractivity contribution is 5.68. The highest BCUT2D eigenvalue weighted by atomic mass is 16.6. The summed E-state index contributed by atoms with van der Waals surface area (Å²) in [4.78, 5) is 16.2. The Hall–Kier alpha value is -0.850. The molecule has 2 rings (SSSR count). The average molecular weight is 341 g/mol. The van der Waals surface area contributed by atoms with E-state index in [1.807, 2.05) is 20.8 Å². The van der Waals surface area contributed by atoms with Crippen molar-refractivity contribution >= 4 is 6.09 Å². The molecule has 0 aliphatic carbocycles. The zero-order valence-corrected chi connectivity index (χ0v) is 16.1. The van der Waals surface area contributed by atoms with Crippen LogP contribution in [0.5, 0.6) is 0 Å². The largest absolute Gasteiger partial charge is 0.444 e. The van der Waals surface area contributed by atoms with Gasteiger partial charge in [0.25, 0.3) is 0 Å². The third-order valence-corrected chi connectivity index (χ3v) is 4.66. The summed E-state index contributed by atoms with van der Waals surface area (Å²) in [7, 11) is 4.23. The minimum Gasteiger partial charge on any atom is -0.444 e. The van der Waals surface area contributed by atoms with Crippen molar-refractivity contribution < 1.29 is 14.3 Å². The van der Waals surface area contributed by atoms with Gasteiger partial charge in [0.2, 0.25) is 0 Å². The van der Waals surface area contributed by atoms with Crippen molar-refractivity contribution in [1.82, 2.24) is 15.1 Å². The smallest absolute Gasteiger partial charge is 0.410 e. The Morgan fingerprint density at radius 2 is 1.96 bits per heavy atom. The predicted octanol–water partition coefficient (Wildman–Crippen LogP) is 2.43. The molecule has 1 unspecified atom stereocenters. The number of carbonyl (C=O) groups excluding carboxylic acids is 1. The van der Waals surface area contributed by atoms with E-state index < -0.39 is 5.60 Å². The number of hydrogen-bond acceptors (Lipinski definition) is 5. The number of piperidine rings is 1. The minimum absolute atomic E-state index is 0.212. The lowest BCUT2D eigenvalue weighted by Crippen LogP contribution is -2.54. The molecule has 6 nitrogen and oxygen atoms in total. The maximum Gasteiger partial charge on any atom is 0.410 e. The quantitative estimate of drug-likeness (QED) is 0.779. The third-order valence-electron chi connectivity index (χ3n) is 4.66. The highest BCUT2D eigenvalue weighted by Crippen LogP contribution is 2.30. The molecule has 0 bridgehead atoms. The first-order valence-electron chi connectivity index (χ1n) is 9.23. The number of amides is 1. The van der Waals surface area contributed by atoms with Gasteiger partial charge in [0, 0.05) is 32.0 Å². The van der Waals surface area contributed by atoms with Crippen LogP contribution < -0.4 is 5.32 Å². The molecule has 1 amide bonds. The van der Waals surface area contributed by atoms with Gasteiger partial charge in [-0.2, -0.15) is 0 Å². The summed E-state index contributed by atoms with van der Waals surface area (Å²) < 4.78 is 11.6. The van der Waals surface area contributed by atoms with Crippen LogP contribution in [-0.4, -0.2) is 73.6 Å². The van der Waals surface area contributed by atoms with Crippen LogP contribution in [0.3, 0.4) is 0 Å². The van der Waals surface area contributed by atoms with E-state index in [9.17, 15) is 4.79 Å². The second kappa shape index (κ2) is 8.02. The van der Waals surface area contributed by atoms with Crippen LogP contribution in [0, 0.1) is 0 Å². The molecule has 0 radical (unpaired) electrons. The van der Waals surface area contributed by atoms with Gasteiger partial charge >= 0.3 is 6.09 Å². The van der Waals surface area contributed by atoms with Gasteiger partial charge in [-0.1, -0.05) is 6.42 Å². The van der Waals surface area contributed by atoms with Crippen molar-refractivity contribution in [2.75, 3.05) is 40.3 Å². The first-order chi connectivity index (χ1) is 11.2. The molecule has 2 heterocycles. The van der Waals surface area contributed by atoms with Crippen LogP contribution >= 0.6 is 0 Å². The van der Waals surface area contributed by atoms with Gasteiger partial charge in [0.15, 0.2) is 0 Å². The number of carbonyl (C=O) groups is 1. The number of hydrogen-bond donors (Lipinski definition) is 1. The number of likely N-dealkylation sites (tertiary alicyclic amines) is 1. The van der Waals surface area contributed by atoms with Crippen LogP contribution in [0.25, 0.3) is 0 Å². The monoisotopic (exact) mass is 341 g/mol. The molecular weight excluding hydrogens is 306 g/mol. The Labute approximate surface area is 146 Å². The lowest BCUT2D eigenvalue weighted by Gasteiger charge is -2.39. The number of nitrogens with zero attached hydrogens (tertiary/aromatic N) is 2. The predicted molar refractivity (Wildman–Crippen MR) is 95.1 cm³/mol. The van der Waals surface area contributed by atoms with Gasteiger partial charge < -0.3 is 19.3 Å². The Morgan fingerprint density at radius 1 is 1.29 bits per heavy atom. The maximum absolute atomic E-state index is 12.1. The molecule has 24 heavy (non-hydrogen) atoms. The van der Waals surface area contributed by atoms with Crippen LogP contribution in [0.1, 0.15) is 52.9 Å². The van der Waals surface area contributed by atoms with E-state index in [0.29, 0.717) is 19.1 Å². The number of unbranched alkanes of at least 4 members (excludes halogenated alkanes) is 1. The summed E-state index contributed by atoms with van der Waals surface area (Å²) in [6, 6.07) is 0.445. The number of rotatable bonds is 5. The van der Waals surface area contributed by atoms with E-state index in [1.165, 1.54) is 12.8 Å². The molecule has 2 aliphatic rings. The van der Waals surface area contributed by atoms with Gasteiger partial charge in [-0.3, -0.25) is 5.32 Å². The van der Waals surface area contributed by atoms with Crippen molar-refractivity contribution in [3.8, 4) is 0 Å². The van der Waals surface area contributed by atoms with E-state index in [-0.39, 0.29) is 11.8 Å². The molecule has 140 valence electrons. The van der Waals surface area contributed by atoms with Crippen molar-refractivity contribution in [3.63, 3.8) is 0 Å². The molecule has 2 aliphatic heterocycles. The van der Waals surface area contributed by atoms with E-state index in [2.05, 4.69) is 24.3 Å². The summed E-state index contributed by atoms with van der Waals surface area (Å²) >= 11 is 0.